The molecule has 14 heavy (non-hydrogen) atoms. The van der Waals surface area contributed by atoms with Gasteiger partial charge in [0.05, 0.1) is 17.4 Å². The second-order valence-electron chi connectivity index (χ2n) is 3.92. The molecule has 0 aromatic carbocycles. The summed E-state index contributed by atoms with van der Waals surface area (Å²) in [5.74, 6) is -0.657. The number of hydrogen-bond donors (Lipinski definition) is 1. The highest BCUT2D eigenvalue weighted by atomic mass is 79.9. The number of rotatable bonds is 0. The predicted molar refractivity (Wildman–Crippen MR) is 52.8 cm³/mol. The number of fused-ring (bicyclic) bond motifs is 1. The molecule has 2 rings (SSSR count). The van der Waals surface area contributed by atoms with Gasteiger partial charge in [-0.15, -0.1) is 0 Å². The van der Waals surface area contributed by atoms with Gasteiger partial charge in [0, 0.05) is 0 Å². The van der Waals surface area contributed by atoms with E-state index in [2.05, 4.69) is 15.9 Å². The summed E-state index contributed by atoms with van der Waals surface area (Å²) in [6, 6.07) is 0. The fourth-order valence-electron chi connectivity index (χ4n) is 1.58. The van der Waals surface area contributed by atoms with Gasteiger partial charge in [0.25, 0.3) is 0 Å². The van der Waals surface area contributed by atoms with Crippen molar-refractivity contribution in [3.05, 3.63) is 10.7 Å². The summed E-state index contributed by atoms with van der Waals surface area (Å²) >= 11 is 3.22. The average Bonchev–Trinajstić information content (AvgIpc) is 2.11. The van der Waals surface area contributed by atoms with E-state index < -0.39 is 11.9 Å². The Hall–Kier alpha value is -0.100. The maximum absolute atomic E-state index is 9.83. The van der Waals surface area contributed by atoms with Crippen LogP contribution < -0.4 is 0 Å². The topological polar surface area (TPSA) is 47.9 Å². The molecular formula is C9H13BrO4. The maximum Gasteiger partial charge on any atom is 0.163 e. The van der Waals surface area contributed by atoms with Gasteiger partial charge in [0.1, 0.15) is 12.2 Å². The molecule has 0 radical (unpaired) electrons. The second-order valence-corrected chi connectivity index (χ2v) is 4.83. The Kier molecular flexibility index (Phi) is 2.59. The maximum atomic E-state index is 9.83. The molecule has 0 amide bonds. The highest BCUT2D eigenvalue weighted by Crippen LogP contribution is 2.32. The third-order valence-electron chi connectivity index (χ3n) is 2.33. The van der Waals surface area contributed by atoms with Crippen LogP contribution in [0.25, 0.3) is 0 Å². The molecule has 1 fully saturated rings. The van der Waals surface area contributed by atoms with Crippen molar-refractivity contribution in [2.75, 3.05) is 6.61 Å². The molecule has 2 aliphatic heterocycles. The lowest BCUT2D eigenvalue weighted by Crippen LogP contribution is -2.55. The minimum Gasteiger partial charge on any atom is -0.492 e. The molecule has 1 N–H and O–H groups in total. The molecule has 2 heterocycles. The number of aliphatic hydroxyl groups excluding tert-OH is 1. The van der Waals surface area contributed by atoms with Crippen LogP contribution in [0.5, 0.6) is 0 Å². The Morgan fingerprint density at radius 3 is 3.00 bits per heavy atom. The van der Waals surface area contributed by atoms with Gasteiger partial charge in [0.15, 0.2) is 11.9 Å². The monoisotopic (exact) mass is 264 g/mol. The van der Waals surface area contributed by atoms with Crippen LogP contribution >= 0.6 is 15.9 Å². The quantitative estimate of drug-likeness (QED) is 0.713. The Bertz CT molecular complexity index is 264. The minimum absolute atomic E-state index is 0.223. The van der Waals surface area contributed by atoms with E-state index in [0.717, 1.165) is 0 Å². The lowest BCUT2D eigenvalue weighted by atomic mass is 10.0. The third-order valence-corrected chi connectivity index (χ3v) is 2.99. The van der Waals surface area contributed by atoms with E-state index in [0.29, 0.717) is 11.1 Å². The van der Waals surface area contributed by atoms with E-state index in [1.807, 2.05) is 13.8 Å². The zero-order chi connectivity index (χ0) is 10.3. The van der Waals surface area contributed by atoms with Crippen molar-refractivity contribution in [2.45, 2.75) is 37.9 Å². The number of ether oxygens (including phenoxy) is 3. The van der Waals surface area contributed by atoms with Gasteiger partial charge in [0.2, 0.25) is 0 Å². The summed E-state index contributed by atoms with van der Waals surface area (Å²) in [6.07, 6.45) is 0.242. The fraction of sp³-hybridized carbons (Fsp3) is 0.778. The number of hydrogen-bond acceptors (Lipinski definition) is 4. The van der Waals surface area contributed by atoms with Crippen molar-refractivity contribution in [1.29, 1.82) is 0 Å². The van der Waals surface area contributed by atoms with E-state index in [9.17, 15) is 5.11 Å². The summed E-state index contributed by atoms with van der Waals surface area (Å²) in [7, 11) is 0. The molecule has 4 nitrogen and oxygen atoms in total. The molecule has 0 saturated carbocycles. The molecule has 80 valence electrons. The average molecular weight is 265 g/mol. The molecule has 0 aromatic heterocycles. The van der Waals surface area contributed by atoms with Crippen LogP contribution in [0.3, 0.4) is 0 Å². The Morgan fingerprint density at radius 1 is 1.57 bits per heavy atom. The lowest BCUT2D eigenvalue weighted by molar-refractivity contribution is -0.319. The van der Waals surface area contributed by atoms with Gasteiger partial charge in [-0.3, -0.25) is 0 Å². The zero-order valence-corrected chi connectivity index (χ0v) is 9.65. The number of halogens is 1. The number of aliphatic hydroxyl groups is 1. The van der Waals surface area contributed by atoms with Gasteiger partial charge in [-0.2, -0.15) is 0 Å². The first-order valence-corrected chi connectivity index (χ1v) is 5.30. The van der Waals surface area contributed by atoms with Crippen LogP contribution in [0.4, 0.5) is 0 Å². The summed E-state index contributed by atoms with van der Waals surface area (Å²) in [5, 5.41) is 9.83. The van der Waals surface area contributed by atoms with Gasteiger partial charge >= 0.3 is 0 Å². The van der Waals surface area contributed by atoms with Crippen LogP contribution in [0.15, 0.2) is 10.7 Å². The van der Waals surface area contributed by atoms with Crippen molar-refractivity contribution in [3.8, 4) is 0 Å². The van der Waals surface area contributed by atoms with Crippen molar-refractivity contribution in [3.63, 3.8) is 0 Å². The minimum atomic E-state index is -0.670. The summed E-state index contributed by atoms with van der Waals surface area (Å²) in [5.41, 5.74) is 0. The Morgan fingerprint density at radius 2 is 2.29 bits per heavy atom. The van der Waals surface area contributed by atoms with E-state index >= 15 is 0 Å². The second kappa shape index (κ2) is 3.48. The van der Waals surface area contributed by atoms with Crippen LogP contribution in [-0.4, -0.2) is 35.8 Å². The van der Waals surface area contributed by atoms with Crippen molar-refractivity contribution < 1.29 is 19.3 Å². The first-order valence-electron chi connectivity index (χ1n) is 4.50. The van der Waals surface area contributed by atoms with E-state index in [1.165, 1.54) is 6.26 Å². The van der Waals surface area contributed by atoms with Crippen LogP contribution in [-0.2, 0) is 14.2 Å². The molecule has 0 aromatic rings. The summed E-state index contributed by atoms with van der Waals surface area (Å²) in [4.78, 5) is 0. The van der Waals surface area contributed by atoms with Crippen molar-refractivity contribution in [2.24, 2.45) is 0 Å². The van der Waals surface area contributed by atoms with Crippen molar-refractivity contribution >= 4 is 15.9 Å². The molecule has 1 saturated heterocycles. The molecule has 5 heteroatoms. The highest BCUT2D eigenvalue weighted by molar-refractivity contribution is 9.11. The van der Waals surface area contributed by atoms with Gasteiger partial charge in [-0.05, 0) is 29.8 Å². The fourth-order valence-corrected chi connectivity index (χ4v) is 1.95. The zero-order valence-electron chi connectivity index (χ0n) is 8.07. The van der Waals surface area contributed by atoms with Gasteiger partial charge in [-0.1, -0.05) is 0 Å². The normalized spacial score (nSPS) is 40.9. The van der Waals surface area contributed by atoms with E-state index in [4.69, 9.17) is 14.2 Å². The smallest absolute Gasteiger partial charge is 0.163 e. The highest BCUT2D eigenvalue weighted by Gasteiger charge is 2.44. The van der Waals surface area contributed by atoms with Crippen molar-refractivity contribution in [1.82, 2.24) is 0 Å². The van der Waals surface area contributed by atoms with Crippen LogP contribution in [0, 0.1) is 0 Å². The standard InChI is InChI=1S/C9H13BrO4/c1-9(2)13-4-6-8(14-9)7(11)5(10)3-12-6/h3,6-8,11H,4H2,1-2H3/t6-,7-,8-/m1/s1. The Balaban J connectivity index is 2.16. The molecular weight excluding hydrogens is 252 g/mol. The van der Waals surface area contributed by atoms with Crippen LogP contribution in [0.1, 0.15) is 13.8 Å². The third kappa shape index (κ3) is 1.82. The molecule has 0 aliphatic carbocycles. The molecule has 0 spiro atoms. The molecule has 2 aliphatic rings. The first kappa shape index (κ1) is 10.4. The Labute approximate surface area is 91.0 Å². The lowest BCUT2D eigenvalue weighted by Gasteiger charge is -2.43. The van der Waals surface area contributed by atoms with Gasteiger partial charge in [-0.25, -0.2) is 0 Å². The largest absolute Gasteiger partial charge is 0.492 e. The molecule has 3 atom stereocenters. The predicted octanol–water partition coefficient (Wildman–Crippen LogP) is 1.13. The van der Waals surface area contributed by atoms with Gasteiger partial charge < -0.3 is 19.3 Å². The summed E-state index contributed by atoms with van der Waals surface area (Å²) in [6.45, 7) is 4.08. The molecule has 0 bridgehead atoms. The summed E-state index contributed by atoms with van der Waals surface area (Å²) < 4.78 is 17.0. The van der Waals surface area contributed by atoms with E-state index in [-0.39, 0.29) is 12.2 Å². The van der Waals surface area contributed by atoms with Crippen LogP contribution in [0.2, 0.25) is 0 Å². The SMILES string of the molecule is CC1(C)OC[C@H]2OC=C(Br)[C@@H](O)[C@@H]2O1. The molecule has 0 unspecified atom stereocenters. The van der Waals surface area contributed by atoms with E-state index in [1.54, 1.807) is 0 Å². The first-order chi connectivity index (χ1) is 6.49.